The van der Waals surface area contributed by atoms with Gasteiger partial charge in [0, 0.05) is 31.2 Å². The number of sulfonamides is 1. The first-order valence-electron chi connectivity index (χ1n) is 8.23. The molecule has 0 spiro atoms. The van der Waals surface area contributed by atoms with Crippen LogP contribution in [0.3, 0.4) is 0 Å². The molecule has 1 aliphatic rings. The minimum absolute atomic E-state index is 0.232. The number of benzene rings is 1. The van der Waals surface area contributed by atoms with Gasteiger partial charge in [-0.25, -0.2) is 17.5 Å². The van der Waals surface area contributed by atoms with Crippen molar-refractivity contribution in [3.63, 3.8) is 0 Å². The van der Waals surface area contributed by atoms with Gasteiger partial charge in [0.05, 0.1) is 17.2 Å². The van der Waals surface area contributed by atoms with Gasteiger partial charge < -0.3 is 10.3 Å². The van der Waals surface area contributed by atoms with E-state index in [1.54, 1.807) is 6.92 Å². The number of hydrogen-bond acceptors (Lipinski definition) is 5. The van der Waals surface area contributed by atoms with Gasteiger partial charge in [0.2, 0.25) is 10.0 Å². The fourth-order valence-corrected chi connectivity index (χ4v) is 3.99. The van der Waals surface area contributed by atoms with Crippen LogP contribution < -0.4 is 16.6 Å². The van der Waals surface area contributed by atoms with Crippen LogP contribution in [0, 0.1) is 0 Å². The summed E-state index contributed by atoms with van der Waals surface area (Å²) in [4.78, 5) is 39.2. The van der Waals surface area contributed by atoms with Crippen molar-refractivity contribution in [2.45, 2.75) is 25.9 Å². The van der Waals surface area contributed by atoms with E-state index in [1.165, 1.54) is 22.5 Å². The van der Waals surface area contributed by atoms with Crippen LogP contribution in [0.25, 0.3) is 10.9 Å². The number of fused-ring (bicyclic) bond motifs is 1. The van der Waals surface area contributed by atoms with E-state index in [2.05, 4.69) is 10.3 Å². The summed E-state index contributed by atoms with van der Waals surface area (Å²) in [5, 5.41) is 3.12. The molecular formula is C16H20N4O5S. The van der Waals surface area contributed by atoms with Gasteiger partial charge in [0.15, 0.2) is 0 Å². The van der Waals surface area contributed by atoms with Gasteiger partial charge in [-0.1, -0.05) is 0 Å². The van der Waals surface area contributed by atoms with E-state index in [-0.39, 0.29) is 25.0 Å². The molecule has 2 aromatic rings. The predicted octanol–water partition coefficient (Wildman–Crippen LogP) is -0.527. The Balaban J connectivity index is 1.84. The van der Waals surface area contributed by atoms with Crippen molar-refractivity contribution in [2.75, 3.05) is 19.3 Å². The van der Waals surface area contributed by atoms with E-state index in [1.807, 2.05) is 0 Å². The molecule has 3 rings (SSSR count). The third kappa shape index (κ3) is 3.42. The Bertz CT molecular complexity index is 1090. The van der Waals surface area contributed by atoms with Gasteiger partial charge in [0.1, 0.15) is 0 Å². The van der Waals surface area contributed by atoms with Crippen LogP contribution in [0.2, 0.25) is 0 Å². The molecule has 9 nitrogen and oxygen atoms in total. The van der Waals surface area contributed by atoms with Crippen LogP contribution in [0.15, 0.2) is 27.8 Å². The van der Waals surface area contributed by atoms with Crippen molar-refractivity contribution in [2.24, 2.45) is 0 Å². The molecule has 0 bridgehead atoms. The highest BCUT2D eigenvalue weighted by molar-refractivity contribution is 7.88. The largest absolute Gasteiger partial charge is 0.348 e. The number of aromatic amines is 1. The lowest BCUT2D eigenvalue weighted by Gasteiger charge is -2.15. The molecule has 1 fully saturated rings. The molecule has 1 amide bonds. The van der Waals surface area contributed by atoms with Crippen LogP contribution in [0.5, 0.6) is 0 Å². The molecule has 1 aliphatic heterocycles. The molecular weight excluding hydrogens is 360 g/mol. The Morgan fingerprint density at radius 1 is 1.35 bits per heavy atom. The van der Waals surface area contributed by atoms with Crippen LogP contribution in [0.4, 0.5) is 0 Å². The second-order valence-electron chi connectivity index (χ2n) is 6.32. The van der Waals surface area contributed by atoms with E-state index >= 15 is 0 Å². The highest BCUT2D eigenvalue weighted by atomic mass is 32.2. The van der Waals surface area contributed by atoms with Crippen LogP contribution in [0.1, 0.15) is 23.7 Å². The Morgan fingerprint density at radius 2 is 2.08 bits per heavy atom. The number of amides is 1. The molecule has 26 heavy (non-hydrogen) atoms. The molecule has 10 heteroatoms. The molecule has 2 N–H and O–H groups in total. The summed E-state index contributed by atoms with van der Waals surface area (Å²) >= 11 is 0. The first-order valence-corrected chi connectivity index (χ1v) is 10.1. The molecule has 0 aliphatic carbocycles. The molecule has 2 heterocycles. The Hall–Kier alpha value is -2.46. The molecule has 140 valence electrons. The number of carbonyl (C=O) groups excluding carboxylic acids is 1. The number of H-pyrrole nitrogens is 1. The molecule has 0 saturated carbocycles. The lowest BCUT2D eigenvalue weighted by Crippen LogP contribution is -2.38. The van der Waals surface area contributed by atoms with Crippen molar-refractivity contribution in [1.29, 1.82) is 0 Å². The number of nitrogens with one attached hydrogen (secondary N) is 2. The van der Waals surface area contributed by atoms with Gasteiger partial charge in [0.25, 0.3) is 11.5 Å². The average Bonchev–Trinajstić information content (AvgIpc) is 3.03. The summed E-state index contributed by atoms with van der Waals surface area (Å²) in [5.41, 5.74) is -0.346. The normalized spacial score (nSPS) is 18.3. The smallest absolute Gasteiger partial charge is 0.328 e. The van der Waals surface area contributed by atoms with Gasteiger partial charge >= 0.3 is 5.69 Å². The van der Waals surface area contributed by atoms with Crippen molar-refractivity contribution < 1.29 is 13.2 Å². The van der Waals surface area contributed by atoms with Crippen molar-refractivity contribution in [3.8, 4) is 0 Å². The zero-order valence-electron chi connectivity index (χ0n) is 14.5. The fourth-order valence-electron chi connectivity index (χ4n) is 3.10. The minimum atomic E-state index is -3.28. The van der Waals surface area contributed by atoms with E-state index in [0.29, 0.717) is 29.4 Å². The van der Waals surface area contributed by atoms with E-state index in [0.717, 1.165) is 10.8 Å². The van der Waals surface area contributed by atoms with Crippen LogP contribution in [-0.2, 0) is 16.6 Å². The van der Waals surface area contributed by atoms with Gasteiger partial charge in [-0.05, 0) is 31.5 Å². The number of hydrogen-bond donors (Lipinski definition) is 2. The van der Waals surface area contributed by atoms with Crippen molar-refractivity contribution in [1.82, 2.24) is 19.2 Å². The SMILES string of the molecule is CCn1c(=O)[nH]c2cc(C(=O)NC3CCN(S(C)(=O)=O)C3)ccc2c1=O. The summed E-state index contributed by atoms with van der Waals surface area (Å²) in [6.07, 6.45) is 1.67. The van der Waals surface area contributed by atoms with E-state index in [9.17, 15) is 22.8 Å². The summed E-state index contributed by atoms with van der Waals surface area (Å²) in [7, 11) is -3.28. The highest BCUT2D eigenvalue weighted by Gasteiger charge is 2.29. The summed E-state index contributed by atoms with van der Waals surface area (Å²) in [5.74, 6) is -0.382. The van der Waals surface area contributed by atoms with E-state index in [4.69, 9.17) is 0 Å². The number of aromatic nitrogens is 2. The molecule has 1 atom stereocenters. The third-order valence-corrected chi connectivity index (χ3v) is 5.79. The molecule has 1 aromatic heterocycles. The third-order valence-electron chi connectivity index (χ3n) is 4.52. The van der Waals surface area contributed by atoms with Gasteiger partial charge in [-0.15, -0.1) is 0 Å². The second kappa shape index (κ2) is 6.69. The minimum Gasteiger partial charge on any atom is -0.348 e. The maximum Gasteiger partial charge on any atom is 0.328 e. The van der Waals surface area contributed by atoms with Crippen molar-refractivity contribution in [3.05, 3.63) is 44.6 Å². The predicted molar refractivity (Wildman–Crippen MR) is 96.8 cm³/mol. The molecule has 1 saturated heterocycles. The zero-order chi connectivity index (χ0) is 19.1. The second-order valence-corrected chi connectivity index (χ2v) is 8.30. The maximum absolute atomic E-state index is 12.4. The number of nitrogens with zero attached hydrogens (tertiary/aromatic N) is 2. The standard InChI is InChI=1S/C16H20N4O5S/c1-3-20-15(22)12-5-4-10(8-13(12)18-16(20)23)14(21)17-11-6-7-19(9-11)26(2,24)25/h4-5,8,11H,3,6-7,9H2,1-2H3,(H,17,21)(H,18,23). The number of rotatable bonds is 4. The topological polar surface area (TPSA) is 121 Å². The zero-order valence-corrected chi connectivity index (χ0v) is 15.3. The Kier molecular flexibility index (Phi) is 4.72. The average molecular weight is 380 g/mol. The summed E-state index contributed by atoms with van der Waals surface area (Å²) < 4.78 is 25.5. The van der Waals surface area contributed by atoms with E-state index < -0.39 is 21.3 Å². The first kappa shape index (κ1) is 18.3. The maximum atomic E-state index is 12.4. The fraction of sp³-hybridized carbons (Fsp3) is 0.438. The van der Waals surface area contributed by atoms with Crippen LogP contribution >= 0.6 is 0 Å². The van der Waals surface area contributed by atoms with Crippen molar-refractivity contribution >= 4 is 26.8 Å². The monoisotopic (exact) mass is 380 g/mol. The quantitative estimate of drug-likeness (QED) is 0.739. The highest BCUT2D eigenvalue weighted by Crippen LogP contribution is 2.14. The van der Waals surface area contributed by atoms with Gasteiger partial charge in [-0.3, -0.25) is 14.2 Å². The van der Waals surface area contributed by atoms with Crippen LogP contribution in [-0.4, -0.2) is 53.6 Å². The molecule has 1 aromatic carbocycles. The molecule has 0 radical (unpaired) electrons. The first-order chi connectivity index (χ1) is 12.2. The lowest BCUT2D eigenvalue weighted by atomic mass is 10.1. The number of carbonyl (C=O) groups is 1. The van der Waals surface area contributed by atoms with Gasteiger partial charge in [-0.2, -0.15) is 0 Å². The Labute approximate surface area is 149 Å². The lowest BCUT2D eigenvalue weighted by molar-refractivity contribution is 0.0939. The Morgan fingerprint density at radius 3 is 2.69 bits per heavy atom. The summed E-state index contributed by atoms with van der Waals surface area (Å²) in [6.45, 7) is 2.55. The molecule has 1 unspecified atom stereocenters. The summed E-state index contributed by atoms with van der Waals surface area (Å²) in [6, 6.07) is 4.20.